The summed E-state index contributed by atoms with van der Waals surface area (Å²) < 4.78 is 6.25. The van der Waals surface area contributed by atoms with Crippen molar-refractivity contribution in [3.63, 3.8) is 0 Å². The van der Waals surface area contributed by atoms with Gasteiger partial charge in [-0.1, -0.05) is 80.8 Å². The first-order valence-electron chi connectivity index (χ1n) is 13.8. The molecule has 2 aliphatic heterocycles. The van der Waals surface area contributed by atoms with Crippen molar-refractivity contribution in [2.24, 2.45) is 5.10 Å². The number of aryl methyl sites for hydroxylation is 1. The zero-order valence-electron chi connectivity index (χ0n) is 21.7. The number of carbonyl (C=O) groups is 2. The number of fused-ring (bicyclic) bond motifs is 3. The van der Waals surface area contributed by atoms with Crippen molar-refractivity contribution in [3.8, 4) is 5.75 Å². The number of hydrogen-bond acceptors (Lipinski definition) is 5. The van der Waals surface area contributed by atoms with E-state index in [9.17, 15) is 9.59 Å². The number of para-hydroxylation sites is 1. The summed E-state index contributed by atoms with van der Waals surface area (Å²) in [7, 11) is 0. The van der Waals surface area contributed by atoms with Crippen LogP contribution in [0, 0.1) is 0 Å². The fourth-order valence-corrected chi connectivity index (χ4v) is 5.80. The normalized spacial score (nSPS) is 20.3. The topological polar surface area (TPSA) is 71.0 Å². The molecule has 1 aliphatic carbocycles. The Morgan fingerprint density at radius 2 is 1.66 bits per heavy atom. The van der Waals surface area contributed by atoms with Gasteiger partial charge >= 0.3 is 0 Å². The highest BCUT2D eigenvalue weighted by Crippen LogP contribution is 2.43. The molecular weight excluding hydrogens is 474 g/mol. The molecule has 0 aromatic heterocycles. The number of hydrazone groups is 1. The third kappa shape index (κ3) is 4.71. The molecule has 0 radical (unpaired) electrons. The summed E-state index contributed by atoms with van der Waals surface area (Å²) in [5.41, 5.74) is 5.36. The van der Waals surface area contributed by atoms with Crippen molar-refractivity contribution in [3.05, 3.63) is 101 Å². The van der Waals surface area contributed by atoms with E-state index in [0.717, 1.165) is 48.3 Å². The van der Waals surface area contributed by atoms with Crippen LogP contribution in [0.4, 0.5) is 0 Å². The highest BCUT2D eigenvalue weighted by atomic mass is 16.5. The van der Waals surface area contributed by atoms with Crippen molar-refractivity contribution in [2.75, 3.05) is 0 Å². The summed E-state index contributed by atoms with van der Waals surface area (Å²) in [4.78, 5) is 26.3. The molecular formula is C32H33N3O3. The maximum atomic E-state index is 13.6. The van der Waals surface area contributed by atoms with Crippen LogP contribution >= 0.6 is 0 Å². The van der Waals surface area contributed by atoms with Crippen LogP contribution in [0.1, 0.15) is 88.9 Å². The van der Waals surface area contributed by atoms with E-state index in [1.165, 1.54) is 18.4 Å². The molecule has 3 aromatic carbocycles. The van der Waals surface area contributed by atoms with E-state index in [1.807, 2.05) is 77.8 Å². The van der Waals surface area contributed by atoms with Crippen molar-refractivity contribution < 1.29 is 14.3 Å². The predicted molar refractivity (Wildman–Crippen MR) is 148 cm³/mol. The molecule has 1 fully saturated rings. The van der Waals surface area contributed by atoms with Gasteiger partial charge in [0.2, 0.25) is 5.78 Å². The molecule has 2 heterocycles. The summed E-state index contributed by atoms with van der Waals surface area (Å²) in [5, 5.41) is 9.88. The van der Waals surface area contributed by atoms with Crippen molar-refractivity contribution in [2.45, 2.75) is 70.2 Å². The summed E-state index contributed by atoms with van der Waals surface area (Å²) >= 11 is 0. The summed E-state index contributed by atoms with van der Waals surface area (Å²) in [5.74, 6) is 0.605. The smallest absolute Gasteiger partial charge is 0.251 e. The van der Waals surface area contributed by atoms with Crippen molar-refractivity contribution >= 4 is 17.4 Å². The van der Waals surface area contributed by atoms with Gasteiger partial charge in [-0.3, -0.25) is 9.59 Å². The Balaban J connectivity index is 1.25. The first-order valence-corrected chi connectivity index (χ1v) is 13.8. The molecule has 0 spiro atoms. The van der Waals surface area contributed by atoms with Crippen LogP contribution in [-0.2, 0) is 6.42 Å². The largest absolute Gasteiger partial charge is 0.461 e. The maximum Gasteiger partial charge on any atom is 0.251 e. The van der Waals surface area contributed by atoms with Crippen molar-refractivity contribution in [1.29, 1.82) is 0 Å². The van der Waals surface area contributed by atoms with E-state index in [2.05, 4.69) is 12.2 Å². The third-order valence-electron chi connectivity index (χ3n) is 7.87. The van der Waals surface area contributed by atoms with Crippen molar-refractivity contribution in [1.82, 2.24) is 10.3 Å². The Labute approximate surface area is 223 Å². The summed E-state index contributed by atoms with van der Waals surface area (Å²) in [6, 6.07) is 23.6. The molecule has 1 N–H and O–H groups in total. The number of Topliss-reactive ketones (excluding diaryl/α,β-unsaturated/α-hetero) is 1. The zero-order chi connectivity index (χ0) is 26.1. The molecule has 2 unspecified atom stereocenters. The molecule has 6 heteroatoms. The number of hydrogen-bond donors (Lipinski definition) is 1. The van der Waals surface area contributed by atoms with Crippen LogP contribution in [0.25, 0.3) is 0 Å². The predicted octanol–water partition coefficient (Wildman–Crippen LogP) is 6.06. The Morgan fingerprint density at radius 3 is 2.39 bits per heavy atom. The molecule has 3 aromatic rings. The lowest BCUT2D eigenvalue weighted by atomic mass is 9.95. The first-order chi connectivity index (χ1) is 18.6. The van der Waals surface area contributed by atoms with Gasteiger partial charge in [0.25, 0.3) is 12.1 Å². The fourth-order valence-electron chi connectivity index (χ4n) is 5.80. The molecule has 3 aliphatic rings. The van der Waals surface area contributed by atoms with Gasteiger partial charge in [0, 0.05) is 29.2 Å². The van der Waals surface area contributed by atoms with E-state index < -0.39 is 6.23 Å². The fraction of sp³-hybridized carbons (Fsp3) is 0.344. The highest BCUT2D eigenvalue weighted by Gasteiger charge is 2.43. The van der Waals surface area contributed by atoms with Crippen LogP contribution in [0.2, 0.25) is 0 Å². The molecule has 6 rings (SSSR count). The van der Waals surface area contributed by atoms with Crippen LogP contribution < -0.4 is 10.1 Å². The minimum absolute atomic E-state index is 0.0211. The minimum atomic E-state index is -0.833. The quantitative estimate of drug-likeness (QED) is 0.395. The number of nitrogens with zero attached hydrogens (tertiary/aromatic N) is 2. The van der Waals surface area contributed by atoms with Gasteiger partial charge in [-0.05, 0) is 48.6 Å². The van der Waals surface area contributed by atoms with Crippen LogP contribution in [0.3, 0.4) is 0 Å². The third-order valence-corrected chi connectivity index (χ3v) is 7.87. The van der Waals surface area contributed by atoms with E-state index in [-0.39, 0.29) is 23.8 Å². The second-order valence-electron chi connectivity index (χ2n) is 10.5. The molecule has 2 atom stereocenters. The SMILES string of the molecule is CCCc1ccc(C(=O)C2Oc3ccccc3C3CC(c4ccc(C(=O)NC5CCCC5)cc4)=NN23)cc1. The lowest BCUT2D eigenvalue weighted by Crippen LogP contribution is -2.45. The van der Waals surface area contributed by atoms with Gasteiger partial charge in [-0.25, -0.2) is 5.01 Å². The standard InChI is InChI=1S/C32H33N3O3/c1-2-7-21-12-14-23(15-13-21)30(36)32-35-28(26-10-5-6-11-29(26)38-32)20-27(34-35)22-16-18-24(19-17-22)31(37)33-25-8-3-4-9-25/h5-6,10-19,25,28,32H,2-4,7-9,20H2,1H3,(H,33,37). The number of carbonyl (C=O) groups excluding carboxylic acids is 2. The lowest BCUT2D eigenvalue weighted by molar-refractivity contribution is -0.00455. The van der Waals surface area contributed by atoms with Crippen LogP contribution in [0.15, 0.2) is 77.9 Å². The number of ether oxygens (including phenoxy) is 1. The van der Waals surface area contributed by atoms with Crippen LogP contribution in [-0.4, -0.2) is 34.7 Å². The number of nitrogens with one attached hydrogen (secondary N) is 1. The second-order valence-corrected chi connectivity index (χ2v) is 10.5. The van der Waals surface area contributed by atoms with Gasteiger partial charge in [-0.15, -0.1) is 0 Å². The first kappa shape index (κ1) is 24.4. The van der Waals surface area contributed by atoms with Gasteiger partial charge < -0.3 is 10.1 Å². The van der Waals surface area contributed by atoms with E-state index >= 15 is 0 Å². The highest BCUT2D eigenvalue weighted by molar-refractivity contribution is 6.04. The van der Waals surface area contributed by atoms with E-state index in [0.29, 0.717) is 17.5 Å². The number of amides is 1. The van der Waals surface area contributed by atoms with Gasteiger partial charge in [0.1, 0.15) is 5.75 Å². The zero-order valence-corrected chi connectivity index (χ0v) is 21.7. The molecule has 6 nitrogen and oxygen atoms in total. The Hall–Kier alpha value is -3.93. The Kier molecular flexibility index (Phi) is 6.71. The summed E-state index contributed by atoms with van der Waals surface area (Å²) in [6.07, 6.45) is 6.37. The van der Waals surface area contributed by atoms with Gasteiger partial charge in [0.15, 0.2) is 0 Å². The monoisotopic (exact) mass is 507 g/mol. The lowest BCUT2D eigenvalue weighted by Gasteiger charge is -2.37. The average Bonchev–Trinajstić information content (AvgIpc) is 3.63. The second kappa shape index (κ2) is 10.4. The molecule has 38 heavy (non-hydrogen) atoms. The number of benzene rings is 3. The summed E-state index contributed by atoms with van der Waals surface area (Å²) in [6.45, 7) is 2.15. The van der Waals surface area contributed by atoms with Crippen LogP contribution in [0.5, 0.6) is 5.75 Å². The van der Waals surface area contributed by atoms with E-state index in [1.54, 1.807) is 0 Å². The Bertz CT molecular complexity index is 1360. The molecule has 0 saturated heterocycles. The Morgan fingerprint density at radius 1 is 0.947 bits per heavy atom. The number of rotatable bonds is 7. The van der Waals surface area contributed by atoms with Gasteiger partial charge in [-0.2, -0.15) is 5.10 Å². The average molecular weight is 508 g/mol. The molecule has 194 valence electrons. The molecule has 1 amide bonds. The number of ketones is 1. The van der Waals surface area contributed by atoms with E-state index in [4.69, 9.17) is 9.84 Å². The molecule has 1 saturated carbocycles. The maximum absolute atomic E-state index is 13.6. The van der Waals surface area contributed by atoms with Gasteiger partial charge in [0.05, 0.1) is 11.8 Å². The minimum Gasteiger partial charge on any atom is -0.461 e. The molecule has 0 bridgehead atoms.